The van der Waals surface area contributed by atoms with Gasteiger partial charge in [-0.3, -0.25) is 0 Å². The quantitative estimate of drug-likeness (QED) is 0.191. The summed E-state index contributed by atoms with van der Waals surface area (Å²) in [4.78, 5) is 0. The summed E-state index contributed by atoms with van der Waals surface area (Å²) >= 11 is 0. The van der Waals surface area contributed by atoms with Gasteiger partial charge in [-0.25, -0.2) is 0 Å². The normalized spacial score (nSPS) is 22.1. The smallest absolute Gasteiger partial charge is 0.0533 e. The summed E-state index contributed by atoms with van der Waals surface area (Å²) < 4.78 is 0. The van der Waals surface area contributed by atoms with Crippen LogP contribution in [-0.2, 0) is 0 Å². The maximum atomic E-state index is 2.28. The maximum Gasteiger partial charge on any atom is -0.0533 e. The third-order valence-electron chi connectivity index (χ3n) is 22.7. The van der Waals surface area contributed by atoms with Gasteiger partial charge in [0.25, 0.3) is 0 Å². The standard InChI is InChI=1S/C30H60.C26H52.C14H28.C13H28.C10H20/c1-2-4-6-8-10-12-14-16-18-20-22-24-26-28-30-29-27-25-23-21-19-17-15-13-11-9-7-5-3-1;1-2-4-6-8-10-12-14-16-18-20-22-24-26-25-23-21-19-17-15-13-11-9-7-5-3-1;1-2-4-6-8-10-12-14-13-11-9-7-5-3-1;1-3-5-7-9-11-13-12-10-8-6-4-2;1-2-4-6-8-10-9-7-5-3-1/h1-30H2;1-26H2;1-14H2;3-13H2,1-2H3;1-10H2. The Morgan fingerprint density at radius 3 is 0.161 bits per heavy atom. The molecule has 0 bridgehead atoms. The van der Waals surface area contributed by atoms with E-state index in [1.807, 2.05) is 0 Å². The van der Waals surface area contributed by atoms with E-state index in [2.05, 4.69) is 13.8 Å². The molecule has 0 aromatic carbocycles. The van der Waals surface area contributed by atoms with E-state index in [0.717, 1.165) is 0 Å². The molecular formula is C93H188. The van der Waals surface area contributed by atoms with Crippen molar-refractivity contribution in [3.05, 3.63) is 0 Å². The highest BCUT2D eigenvalue weighted by atomic mass is 14.1. The van der Waals surface area contributed by atoms with Crippen molar-refractivity contribution in [3.8, 4) is 0 Å². The number of hydrogen-bond donors (Lipinski definition) is 0. The molecule has 93 heavy (non-hydrogen) atoms. The molecule has 0 spiro atoms. The highest BCUT2D eigenvalue weighted by Crippen LogP contribution is 2.23. The minimum atomic E-state index is 1.37. The molecule has 0 radical (unpaired) electrons. The van der Waals surface area contributed by atoms with E-state index < -0.39 is 0 Å². The molecular weight excluding hydrogens is 1120 g/mol. The zero-order valence-electron chi connectivity index (χ0n) is 66.3. The molecule has 4 aliphatic rings. The Morgan fingerprint density at radius 2 is 0.118 bits per heavy atom. The molecule has 4 rings (SSSR count). The Hall–Kier alpha value is 0. The largest absolute Gasteiger partial charge is 0.0654 e. The second-order valence-electron chi connectivity index (χ2n) is 32.5. The highest BCUT2D eigenvalue weighted by Gasteiger charge is 2.03. The van der Waals surface area contributed by atoms with Crippen molar-refractivity contribution in [1.82, 2.24) is 0 Å². The van der Waals surface area contributed by atoms with Crippen molar-refractivity contribution < 1.29 is 0 Å². The molecule has 0 aromatic rings. The van der Waals surface area contributed by atoms with Crippen LogP contribution in [0.2, 0.25) is 0 Å². The zero-order valence-corrected chi connectivity index (χ0v) is 66.3. The monoisotopic (exact) mass is 1310 g/mol. The van der Waals surface area contributed by atoms with Gasteiger partial charge in [-0.15, -0.1) is 0 Å². The van der Waals surface area contributed by atoms with Crippen LogP contribution in [0.3, 0.4) is 0 Å². The highest BCUT2D eigenvalue weighted by molar-refractivity contribution is 4.59. The second kappa shape index (κ2) is 92.0. The third kappa shape index (κ3) is 92.0. The molecule has 0 amide bonds. The molecule has 4 saturated carbocycles. The first-order valence-corrected chi connectivity index (χ1v) is 46.4. The molecule has 560 valence electrons. The van der Waals surface area contributed by atoms with Crippen LogP contribution in [0.25, 0.3) is 0 Å². The van der Waals surface area contributed by atoms with Gasteiger partial charge in [-0.1, -0.05) is 598 Å². The van der Waals surface area contributed by atoms with Gasteiger partial charge >= 0.3 is 0 Å². The first kappa shape index (κ1) is 93.0. The average Bonchev–Trinajstić information content (AvgIpc) is 3.58. The van der Waals surface area contributed by atoms with Crippen LogP contribution in [0.15, 0.2) is 0 Å². The van der Waals surface area contributed by atoms with Gasteiger partial charge in [0.15, 0.2) is 0 Å². The Bertz CT molecular complexity index is 818. The first-order valence-electron chi connectivity index (χ1n) is 46.4. The average molecular weight is 1310 g/mol. The summed E-state index contributed by atoms with van der Waals surface area (Å²) in [6, 6.07) is 0. The summed E-state index contributed by atoms with van der Waals surface area (Å²) in [5.41, 5.74) is 0. The first-order chi connectivity index (χ1) is 46.4. The van der Waals surface area contributed by atoms with E-state index in [-0.39, 0.29) is 0 Å². The fraction of sp³-hybridized carbons (Fsp3) is 1.00. The topological polar surface area (TPSA) is 0 Å². The molecule has 0 aromatic heterocycles. The lowest BCUT2D eigenvalue weighted by molar-refractivity contribution is 0.504. The third-order valence-corrected chi connectivity index (χ3v) is 22.7. The minimum absolute atomic E-state index is 1.37. The fourth-order valence-corrected chi connectivity index (χ4v) is 15.9. The van der Waals surface area contributed by atoms with E-state index in [1.54, 1.807) is 0 Å². The summed E-state index contributed by atoms with van der Waals surface area (Å²) in [6.07, 6.45) is 136. The van der Waals surface area contributed by atoms with Crippen LogP contribution >= 0.6 is 0 Å². The molecule has 4 aliphatic carbocycles. The van der Waals surface area contributed by atoms with Crippen LogP contribution in [0, 0.1) is 0 Å². The molecule has 4 fully saturated rings. The van der Waals surface area contributed by atoms with Gasteiger partial charge < -0.3 is 0 Å². The van der Waals surface area contributed by atoms with Crippen molar-refractivity contribution in [3.63, 3.8) is 0 Å². The Balaban J connectivity index is 0.00000121. The van der Waals surface area contributed by atoms with Crippen molar-refractivity contribution in [2.24, 2.45) is 0 Å². The van der Waals surface area contributed by atoms with E-state index >= 15 is 0 Å². The van der Waals surface area contributed by atoms with Gasteiger partial charge in [0.1, 0.15) is 0 Å². The lowest BCUT2D eigenvalue weighted by atomic mass is 10.0. The second-order valence-corrected chi connectivity index (χ2v) is 32.5. The minimum Gasteiger partial charge on any atom is -0.0654 e. The summed E-state index contributed by atoms with van der Waals surface area (Å²) in [5, 5.41) is 0. The fourth-order valence-electron chi connectivity index (χ4n) is 15.9. The van der Waals surface area contributed by atoms with E-state index in [1.165, 1.54) is 584 Å². The van der Waals surface area contributed by atoms with Crippen LogP contribution in [0.5, 0.6) is 0 Å². The van der Waals surface area contributed by atoms with Gasteiger partial charge in [0.05, 0.1) is 0 Å². The van der Waals surface area contributed by atoms with Gasteiger partial charge in [0, 0.05) is 0 Å². The Morgan fingerprint density at radius 1 is 0.0753 bits per heavy atom. The van der Waals surface area contributed by atoms with Gasteiger partial charge in [0.2, 0.25) is 0 Å². The van der Waals surface area contributed by atoms with E-state index in [9.17, 15) is 0 Å². The number of rotatable bonds is 10. The van der Waals surface area contributed by atoms with E-state index in [0.29, 0.717) is 0 Å². The van der Waals surface area contributed by atoms with E-state index in [4.69, 9.17) is 0 Å². The van der Waals surface area contributed by atoms with Gasteiger partial charge in [-0.2, -0.15) is 0 Å². The molecule has 0 heteroatoms. The predicted octanol–water partition coefficient (Wildman–Crippen LogP) is 36.5. The summed E-state index contributed by atoms with van der Waals surface area (Å²) in [5.74, 6) is 0. The molecule has 0 heterocycles. The Kier molecular flexibility index (Phi) is 92.0. The molecule has 0 N–H and O–H groups in total. The van der Waals surface area contributed by atoms with Crippen LogP contribution in [0.1, 0.15) is 598 Å². The van der Waals surface area contributed by atoms with Crippen molar-refractivity contribution in [2.75, 3.05) is 0 Å². The molecule has 0 nitrogen and oxygen atoms in total. The van der Waals surface area contributed by atoms with Crippen molar-refractivity contribution in [1.29, 1.82) is 0 Å². The predicted molar refractivity (Wildman–Crippen MR) is 431 cm³/mol. The van der Waals surface area contributed by atoms with Crippen LogP contribution < -0.4 is 0 Å². The lowest BCUT2D eigenvalue weighted by Crippen LogP contribution is -1.85. The Labute approximate surface area is 594 Å². The van der Waals surface area contributed by atoms with Gasteiger partial charge in [-0.05, 0) is 0 Å². The van der Waals surface area contributed by atoms with Crippen LogP contribution in [0.4, 0.5) is 0 Å². The molecule has 0 aliphatic heterocycles. The molecule has 0 saturated heterocycles. The zero-order chi connectivity index (χ0) is 66.3. The SMILES string of the molecule is C1CCCCCCCCC1.C1CCCCCCCCCCCCC1.C1CCCCCCCCCCCCCCCCCCCCCCCCC1.C1CCCCCCCCCCCCCCCCCCCCCCCCCCCCC1.CCCCCCCCCCCCC. The number of hydrogen-bond acceptors (Lipinski definition) is 0. The molecule has 0 atom stereocenters. The summed E-state index contributed by atoms with van der Waals surface area (Å²) in [7, 11) is 0. The number of unbranched alkanes of at least 4 members (excludes halogenated alkanes) is 10. The summed E-state index contributed by atoms with van der Waals surface area (Å²) in [6.45, 7) is 4.56. The van der Waals surface area contributed by atoms with Crippen molar-refractivity contribution >= 4 is 0 Å². The lowest BCUT2D eigenvalue weighted by Gasteiger charge is -2.05. The van der Waals surface area contributed by atoms with Crippen molar-refractivity contribution in [2.45, 2.75) is 598 Å². The molecule has 0 unspecified atom stereocenters. The maximum absolute atomic E-state index is 2.28. The van der Waals surface area contributed by atoms with Crippen LogP contribution in [-0.4, -0.2) is 0 Å².